The van der Waals surface area contributed by atoms with E-state index in [1.54, 1.807) is 6.92 Å². The van der Waals surface area contributed by atoms with E-state index in [1.165, 1.54) is 18.0 Å². The Kier molecular flexibility index (Phi) is 8.52. The van der Waals surface area contributed by atoms with Crippen LogP contribution >= 0.6 is 15.2 Å². The molecule has 1 saturated heterocycles. The number of imidazole rings is 1. The van der Waals surface area contributed by atoms with E-state index in [4.69, 9.17) is 33.5 Å². The molecule has 0 bridgehead atoms. The van der Waals surface area contributed by atoms with Gasteiger partial charge in [0.15, 0.2) is 29.9 Å². The minimum Gasteiger partial charge on any atom is -0.507 e. The molecule has 18 nitrogen and oxygen atoms in total. The van der Waals surface area contributed by atoms with E-state index in [-0.39, 0.29) is 46.9 Å². The molecular formula is C23H29N5O13P2. The third kappa shape index (κ3) is 5.73. The van der Waals surface area contributed by atoms with Gasteiger partial charge in [0.2, 0.25) is 0 Å². The number of fused-ring (bicyclic) bond motifs is 2. The van der Waals surface area contributed by atoms with Gasteiger partial charge in [0.25, 0.3) is 0 Å². The molecule has 1 aromatic carbocycles. The van der Waals surface area contributed by atoms with Crippen LogP contribution in [0.1, 0.15) is 33.3 Å². The van der Waals surface area contributed by atoms with Crippen LogP contribution in [0.25, 0.3) is 11.2 Å². The number of rotatable bonds is 11. The van der Waals surface area contributed by atoms with Gasteiger partial charge in [-0.25, -0.2) is 19.7 Å². The first-order valence-electron chi connectivity index (χ1n) is 12.6. The van der Waals surface area contributed by atoms with Crippen molar-refractivity contribution < 1.29 is 61.9 Å². The molecule has 6 unspecified atom stereocenters. The Balaban J connectivity index is 1.26. The quantitative estimate of drug-likeness (QED) is 0.143. The van der Waals surface area contributed by atoms with Gasteiger partial charge < -0.3 is 49.2 Å². The number of anilines is 1. The summed E-state index contributed by atoms with van der Waals surface area (Å²) in [5.74, 6) is -1.96. The third-order valence-electron chi connectivity index (χ3n) is 7.04. The Morgan fingerprint density at radius 1 is 1.19 bits per heavy atom. The zero-order valence-electron chi connectivity index (χ0n) is 23.0. The molecule has 234 valence electrons. The number of nitrogens with zero attached hydrogens (tertiary/aromatic N) is 4. The number of nitrogen functional groups attached to an aromatic ring is 1. The summed E-state index contributed by atoms with van der Waals surface area (Å²) in [4.78, 5) is 34.5. The normalized spacial score (nSPS) is 24.5. The number of phenols is 1. The second-order valence-electron chi connectivity index (χ2n) is 9.64. The number of aliphatic hydroxyl groups excluding tert-OH is 2. The fourth-order valence-electron chi connectivity index (χ4n) is 4.91. The van der Waals surface area contributed by atoms with Gasteiger partial charge in [-0.3, -0.25) is 18.2 Å². The van der Waals surface area contributed by atoms with Gasteiger partial charge in [0, 0.05) is 24.7 Å². The van der Waals surface area contributed by atoms with Crippen LogP contribution < -0.4 is 10.5 Å². The van der Waals surface area contributed by atoms with Crippen LogP contribution in [0.2, 0.25) is 0 Å². The summed E-state index contributed by atoms with van der Waals surface area (Å²) in [5, 5.41) is 31.9. The number of hydrogen-bond donors (Lipinski definition) is 5. The Labute approximate surface area is 243 Å². The van der Waals surface area contributed by atoms with Gasteiger partial charge >= 0.3 is 21.2 Å². The van der Waals surface area contributed by atoms with Gasteiger partial charge in [-0.05, 0) is 12.5 Å². The predicted octanol–water partition coefficient (Wildman–Crippen LogP) is 0.937. The molecule has 20 heteroatoms. The highest BCUT2D eigenvalue weighted by Crippen LogP contribution is 2.62. The highest BCUT2D eigenvalue weighted by molar-refractivity contribution is 7.70. The number of aromatic hydroxyl groups is 1. The molecule has 0 amide bonds. The number of esters is 1. The van der Waals surface area contributed by atoms with E-state index in [1.807, 2.05) is 0 Å². The molecule has 1 fully saturated rings. The van der Waals surface area contributed by atoms with Gasteiger partial charge in [0.1, 0.15) is 47.7 Å². The van der Waals surface area contributed by atoms with Gasteiger partial charge in [-0.1, -0.05) is 0 Å². The van der Waals surface area contributed by atoms with Crippen LogP contribution in [0.4, 0.5) is 5.82 Å². The molecule has 3 aromatic rings. The fraction of sp³-hybridized carbons (Fsp3) is 0.478. The highest BCUT2D eigenvalue weighted by Gasteiger charge is 2.49. The molecule has 0 spiro atoms. The SMILES string of the molecule is COc1c(C)c2c(c(O)c1CCOP(=O)(O)CP(=O)(OC)OC1OC(n3cnc4c(N)ncnc43)C(O)C1O)C(=O)OC2. The van der Waals surface area contributed by atoms with E-state index in [2.05, 4.69) is 15.0 Å². The summed E-state index contributed by atoms with van der Waals surface area (Å²) in [6.07, 6.45) is -4.26. The largest absolute Gasteiger partial charge is 0.507 e. The van der Waals surface area contributed by atoms with Gasteiger partial charge in [-0.2, -0.15) is 0 Å². The van der Waals surface area contributed by atoms with Crippen molar-refractivity contribution in [3.8, 4) is 11.5 Å². The molecule has 2 aliphatic rings. The van der Waals surface area contributed by atoms with Gasteiger partial charge in [-0.15, -0.1) is 0 Å². The Morgan fingerprint density at radius 2 is 1.93 bits per heavy atom. The zero-order valence-corrected chi connectivity index (χ0v) is 24.8. The average molecular weight is 645 g/mol. The molecule has 6 N–H and O–H groups in total. The summed E-state index contributed by atoms with van der Waals surface area (Å²) < 4.78 is 58.8. The lowest BCUT2D eigenvalue weighted by Crippen LogP contribution is -2.32. The summed E-state index contributed by atoms with van der Waals surface area (Å²) in [6, 6.07) is 0. The number of aromatic nitrogens is 4. The van der Waals surface area contributed by atoms with E-state index >= 15 is 0 Å². The predicted molar refractivity (Wildman–Crippen MR) is 144 cm³/mol. The molecule has 2 aliphatic heterocycles. The van der Waals surface area contributed by atoms with Crippen molar-refractivity contribution in [1.29, 1.82) is 0 Å². The second kappa shape index (κ2) is 11.7. The number of ether oxygens (including phenoxy) is 3. The highest BCUT2D eigenvalue weighted by atomic mass is 31.2. The van der Waals surface area contributed by atoms with Crippen molar-refractivity contribution in [2.45, 2.75) is 44.7 Å². The molecule has 5 rings (SSSR count). The Bertz CT molecular complexity index is 1670. The van der Waals surface area contributed by atoms with E-state index in [9.17, 15) is 34.1 Å². The molecule has 2 aromatic heterocycles. The lowest BCUT2D eigenvalue weighted by molar-refractivity contribution is -0.128. The summed E-state index contributed by atoms with van der Waals surface area (Å²) in [5.41, 5.74) is 7.31. The maximum absolute atomic E-state index is 13.4. The van der Waals surface area contributed by atoms with Crippen molar-refractivity contribution >= 4 is 38.1 Å². The van der Waals surface area contributed by atoms with Crippen LogP contribution in [0, 0.1) is 6.92 Å². The number of nitrogens with two attached hydrogens (primary N) is 1. The average Bonchev–Trinajstić information content (AvgIpc) is 3.64. The minimum absolute atomic E-state index is 0.0204. The van der Waals surface area contributed by atoms with Gasteiger partial charge in [0.05, 0.1) is 20.0 Å². The molecular weight excluding hydrogens is 616 g/mol. The summed E-state index contributed by atoms with van der Waals surface area (Å²) >= 11 is 0. The Morgan fingerprint density at radius 3 is 2.63 bits per heavy atom. The van der Waals surface area contributed by atoms with Crippen molar-refractivity contribution in [3.05, 3.63) is 34.9 Å². The summed E-state index contributed by atoms with van der Waals surface area (Å²) in [6.45, 7) is 1.17. The maximum Gasteiger partial charge on any atom is 0.344 e. The first-order valence-corrected chi connectivity index (χ1v) is 16.1. The summed E-state index contributed by atoms with van der Waals surface area (Å²) in [7, 11) is -6.90. The first-order chi connectivity index (χ1) is 20.3. The van der Waals surface area contributed by atoms with E-state index < -0.39 is 64.1 Å². The number of phenolic OH excluding ortho intramolecular Hbond substituents is 1. The fourth-order valence-corrected chi connectivity index (χ4v) is 8.67. The van der Waals surface area contributed by atoms with Crippen molar-refractivity contribution in [3.63, 3.8) is 0 Å². The lowest BCUT2D eigenvalue weighted by atomic mass is 9.95. The number of carbonyl (C=O) groups excluding carboxylic acids is 1. The van der Waals surface area contributed by atoms with Crippen molar-refractivity contribution in [2.24, 2.45) is 0 Å². The molecule has 0 radical (unpaired) electrons. The molecule has 6 atom stereocenters. The maximum atomic E-state index is 13.4. The zero-order chi connectivity index (χ0) is 31.3. The molecule has 0 aliphatic carbocycles. The minimum atomic E-state index is -4.71. The second-order valence-corrected chi connectivity index (χ2v) is 14.1. The Hall–Kier alpha value is -3.18. The molecule has 0 saturated carbocycles. The first kappa shape index (κ1) is 31.3. The number of cyclic esters (lactones) is 1. The molecule has 4 heterocycles. The van der Waals surface area contributed by atoms with Crippen LogP contribution in [0.5, 0.6) is 11.5 Å². The monoisotopic (exact) mass is 645 g/mol. The standard InChI is InChI=1S/C23H29N5O13P2/c1-10-12-6-38-22(32)13(12)15(29)11(18(10)36-2)4-5-39-42(33,34)9-43(35,37-3)41-23-17(31)16(30)21(40-23)28-8-27-14-19(24)25-7-26-20(14)28/h7-8,16-17,21,23,29-31H,4-6,9H2,1-3H3,(H,33,34)(H2,24,25,26). The number of hydrogen-bond acceptors (Lipinski definition) is 16. The number of aliphatic hydroxyl groups is 2. The van der Waals surface area contributed by atoms with Crippen LogP contribution in [0.3, 0.4) is 0 Å². The number of carbonyl (C=O) groups is 1. The van der Waals surface area contributed by atoms with Crippen molar-refractivity contribution in [1.82, 2.24) is 19.5 Å². The number of methoxy groups -OCH3 is 1. The molecule has 43 heavy (non-hydrogen) atoms. The van der Waals surface area contributed by atoms with E-state index in [0.717, 1.165) is 13.4 Å². The van der Waals surface area contributed by atoms with Crippen LogP contribution in [0.15, 0.2) is 12.7 Å². The smallest absolute Gasteiger partial charge is 0.344 e. The van der Waals surface area contributed by atoms with Crippen molar-refractivity contribution in [2.75, 3.05) is 32.5 Å². The van der Waals surface area contributed by atoms with Crippen LogP contribution in [-0.4, -0.2) is 90.9 Å². The lowest BCUT2D eigenvalue weighted by Gasteiger charge is -2.24. The van der Waals surface area contributed by atoms with E-state index in [0.29, 0.717) is 11.1 Å². The third-order valence-corrected chi connectivity index (χ3v) is 11.5. The topological polar surface area (TPSA) is 257 Å². The number of benzene rings is 1. The van der Waals surface area contributed by atoms with Crippen LogP contribution in [-0.2, 0) is 45.2 Å².